The van der Waals surface area contributed by atoms with Gasteiger partial charge in [-0.2, -0.15) is 5.10 Å². The zero-order valence-electron chi connectivity index (χ0n) is 12.4. The zero-order chi connectivity index (χ0) is 13.3. The molecule has 0 bridgehead atoms. The average molecular weight is 237 g/mol. The SMILES string of the molecule is Cc1nn(C)cc1CNC(C)(C)CC(C)(C)C. The fourth-order valence-electron chi connectivity index (χ4n) is 2.55. The average Bonchev–Trinajstić information content (AvgIpc) is 2.37. The predicted octanol–water partition coefficient (Wildman–Crippen LogP) is 3.03. The van der Waals surface area contributed by atoms with Crippen molar-refractivity contribution >= 4 is 0 Å². The minimum Gasteiger partial charge on any atom is -0.308 e. The quantitative estimate of drug-likeness (QED) is 0.872. The van der Waals surface area contributed by atoms with Crippen LogP contribution in [0.2, 0.25) is 0 Å². The highest BCUT2D eigenvalue weighted by Crippen LogP contribution is 2.27. The molecular weight excluding hydrogens is 210 g/mol. The number of aryl methyl sites for hydroxylation is 2. The van der Waals surface area contributed by atoms with Crippen molar-refractivity contribution in [3.8, 4) is 0 Å². The third-order valence-electron chi connectivity index (χ3n) is 2.84. The van der Waals surface area contributed by atoms with Crippen molar-refractivity contribution in [2.75, 3.05) is 0 Å². The van der Waals surface area contributed by atoms with E-state index in [9.17, 15) is 0 Å². The first-order valence-corrected chi connectivity index (χ1v) is 6.33. The summed E-state index contributed by atoms with van der Waals surface area (Å²) in [6, 6.07) is 0. The molecule has 1 N–H and O–H groups in total. The Labute approximate surface area is 106 Å². The zero-order valence-corrected chi connectivity index (χ0v) is 12.4. The summed E-state index contributed by atoms with van der Waals surface area (Å²) in [6.07, 6.45) is 3.24. The molecule has 3 nitrogen and oxygen atoms in total. The van der Waals surface area contributed by atoms with E-state index < -0.39 is 0 Å². The van der Waals surface area contributed by atoms with E-state index in [-0.39, 0.29) is 5.54 Å². The van der Waals surface area contributed by atoms with Crippen LogP contribution >= 0.6 is 0 Å². The number of hydrogen-bond acceptors (Lipinski definition) is 2. The molecule has 0 aliphatic heterocycles. The maximum atomic E-state index is 4.36. The molecule has 17 heavy (non-hydrogen) atoms. The minimum absolute atomic E-state index is 0.153. The Morgan fingerprint density at radius 1 is 1.24 bits per heavy atom. The summed E-state index contributed by atoms with van der Waals surface area (Å²) in [5, 5.41) is 8.00. The fraction of sp³-hybridized carbons (Fsp3) is 0.786. The summed E-state index contributed by atoms with van der Waals surface area (Å²) in [6.45, 7) is 14.3. The molecule has 0 fully saturated rings. The highest BCUT2D eigenvalue weighted by Gasteiger charge is 2.25. The van der Waals surface area contributed by atoms with Crippen molar-refractivity contribution in [2.45, 2.75) is 60.0 Å². The first-order chi connectivity index (χ1) is 7.59. The monoisotopic (exact) mass is 237 g/mol. The van der Waals surface area contributed by atoms with Gasteiger partial charge >= 0.3 is 0 Å². The summed E-state index contributed by atoms with van der Waals surface area (Å²) in [4.78, 5) is 0. The lowest BCUT2D eigenvalue weighted by Crippen LogP contribution is -2.41. The molecule has 0 saturated heterocycles. The van der Waals surface area contributed by atoms with Crippen LogP contribution in [0, 0.1) is 12.3 Å². The molecule has 0 aliphatic rings. The molecule has 1 heterocycles. The van der Waals surface area contributed by atoms with Crippen LogP contribution in [0.15, 0.2) is 6.20 Å². The first-order valence-electron chi connectivity index (χ1n) is 6.33. The molecule has 0 atom stereocenters. The van der Waals surface area contributed by atoms with Crippen molar-refractivity contribution in [3.05, 3.63) is 17.5 Å². The molecule has 0 radical (unpaired) electrons. The van der Waals surface area contributed by atoms with Gasteiger partial charge in [-0.15, -0.1) is 0 Å². The third kappa shape index (κ3) is 4.90. The molecule has 1 aromatic heterocycles. The lowest BCUT2D eigenvalue weighted by Gasteiger charge is -2.33. The Morgan fingerprint density at radius 2 is 1.82 bits per heavy atom. The molecule has 0 amide bonds. The molecule has 0 aromatic carbocycles. The van der Waals surface area contributed by atoms with Crippen molar-refractivity contribution in [3.63, 3.8) is 0 Å². The van der Waals surface area contributed by atoms with Crippen molar-refractivity contribution in [2.24, 2.45) is 12.5 Å². The molecule has 98 valence electrons. The van der Waals surface area contributed by atoms with Gasteiger partial charge in [-0.3, -0.25) is 4.68 Å². The van der Waals surface area contributed by atoms with Crippen LogP contribution in [0.3, 0.4) is 0 Å². The molecular formula is C14H27N3. The first kappa shape index (κ1) is 14.2. The lowest BCUT2D eigenvalue weighted by atomic mass is 9.82. The highest BCUT2D eigenvalue weighted by atomic mass is 15.3. The fourth-order valence-corrected chi connectivity index (χ4v) is 2.55. The highest BCUT2D eigenvalue weighted by molar-refractivity contribution is 5.15. The van der Waals surface area contributed by atoms with Crippen LogP contribution in [0.25, 0.3) is 0 Å². The second kappa shape index (κ2) is 4.81. The summed E-state index contributed by atoms with van der Waals surface area (Å²) in [7, 11) is 1.97. The van der Waals surface area contributed by atoms with Gasteiger partial charge in [0.15, 0.2) is 0 Å². The van der Waals surface area contributed by atoms with Crippen LogP contribution < -0.4 is 5.32 Å². The molecule has 0 unspecified atom stereocenters. The van der Waals surface area contributed by atoms with Gasteiger partial charge in [-0.25, -0.2) is 0 Å². The molecule has 0 aliphatic carbocycles. The summed E-state index contributed by atoms with van der Waals surface area (Å²) < 4.78 is 1.88. The van der Waals surface area contributed by atoms with Gasteiger partial charge in [0, 0.05) is 30.9 Å². The molecule has 1 rings (SSSR count). The Morgan fingerprint density at radius 3 is 2.24 bits per heavy atom. The van der Waals surface area contributed by atoms with E-state index in [1.165, 1.54) is 5.56 Å². The van der Waals surface area contributed by atoms with E-state index in [0.29, 0.717) is 5.41 Å². The molecule has 0 spiro atoms. The second-order valence-electron chi connectivity index (χ2n) is 6.89. The Hall–Kier alpha value is -0.830. The van der Waals surface area contributed by atoms with Gasteiger partial charge in [0.25, 0.3) is 0 Å². The van der Waals surface area contributed by atoms with Crippen LogP contribution in [0.4, 0.5) is 0 Å². The van der Waals surface area contributed by atoms with E-state index in [1.54, 1.807) is 0 Å². The van der Waals surface area contributed by atoms with E-state index in [1.807, 2.05) is 11.7 Å². The number of nitrogens with one attached hydrogen (secondary N) is 1. The smallest absolute Gasteiger partial charge is 0.0638 e. The largest absolute Gasteiger partial charge is 0.308 e. The van der Waals surface area contributed by atoms with E-state index in [0.717, 1.165) is 18.7 Å². The number of nitrogens with zero attached hydrogens (tertiary/aromatic N) is 2. The van der Waals surface area contributed by atoms with Crippen molar-refractivity contribution < 1.29 is 0 Å². The van der Waals surface area contributed by atoms with Gasteiger partial charge in [0.05, 0.1) is 5.69 Å². The van der Waals surface area contributed by atoms with Gasteiger partial charge in [-0.05, 0) is 32.6 Å². The Balaban J connectivity index is 2.58. The molecule has 1 aromatic rings. The number of aromatic nitrogens is 2. The van der Waals surface area contributed by atoms with E-state index >= 15 is 0 Å². The Kier molecular flexibility index (Phi) is 4.03. The predicted molar refractivity (Wildman–Crippen MR) is 72.9 cm³/mol. The topological polar surface area (TPSA) is 29.9 Å². The van der Waals surface area contributed by atoms with Crippen molar-refractivity contribution in [1.29, 1.82) is 0 Å². The van der Waals surface area contributed by atoms with E-state index in [2.05, 4.69) is 58.2 Å². The van der Waals surface area contributed by atoms with Crippen LogP contribution in [-0.2, 0) is 13.6 Å². The van der Waals surface area contributed by atoms with Gasteiger partial charge in [0.2, 0.25) is 0 Å². The minimum atomic E-state index is 0.153. The Bertz CT molecular complexity index is 369. The summed E-state index contributed by atoms with van der Waals surface area (Å²) >= 11 is 0. The third-order valence-corrected chi connectivity index (χ3v) is 2.84. The molecule has 3 heteroatoms. The van der Waals surface area contributed by atoms with Crippen molar-refractivity contribution in [1.82, 2.24) is 15.1 Å². The number of hydrogen-bond donors (Lipinski definition) is 1. The lowest BCUT2D eigenvalue weighted by molar-refractivity contribution is 0.240. The molecule has 0 saturated carbocycles. The maximum absolute atomic E-state index is 4.36. The van der Waals surface area contributed by atoms with Crippen LogP contribution in [-0.4, -0.2) is 15.3 Å². The van der Waals surface area contributed by atoms with Crippen LogP contribution in [0.5, 0.6) is 0 Å². The number of rotatable bonds is 4. The summed E-state index contributed by atoms with van der Waals surface area (Å²) in [5.74, 6) is 0. The summed E-state index contributed by atoms with van der Waals surface area (Å²) in [5.41, 5.74) is 2.90. The van der Waals surface area contributed by atoms with E-state index in [4.69, 9.17) is 0 Å². The maximum Gasteiger partial charge on any atom is 0.0638 e. The van der Waals surface area contributed by atoms with Crippen LogP contribution in [0.1, 0.15) is 52.3 Å². The normalized spacial score (nSPS) is 13.1. The standard InChI is InChI=1S/C14H27N3/c1-11-12(9-17(7)16-11)8-15-14(5,6)10-13(2,3)4/h9,15H,8,10H2,1-7H3. The second-order valence-corrected chi connectivity index (χ2v) is 6.89. The van der Waals surface area contributed by atoms with Gasteiger partial charge in [-0.1, -0.05) is 20.8 Å². The van der Waals surface area contributed by atoms with Gasteiger partial charge in [0.1, 0.15) is 0 Å². The van der Waals surface area contributed by atoms with Gasteiger partial charge < -0.3 is 5.32 Å².